The molecule has 45 heavy (non-hydrogen) atoms. The number of fused-ring (bicyclic) bond motifs is 2. The van der Waals surface area contributed by atoms with Gasteiger partial charge in [0.2, 0.25) is 5.82 Å². The molecule has 0 radical (unpaired) electrons. The van der Waals surface area contributed by atoms with Crippen molar-refractivity contribution >= 4 is 34.6 Å². The molecule has 2 aliphatic heterocycles. The Morgan fingerprint density at radius 2 is 1.60 bits per heavy atom. The van der Waals surface area contributed by atoms with E-state index in [9.17, 15) is 0 Å². The number of nitrogens with zero attached hydrogens (tertiary/aromatic N) is 8. The molecule has 4 heterocycles. The average Bonchev–Trinajstić information content (AvgIpc) is 3.41. The van der Waals surface area contributed by atoms with Crippen molar-refractivity contribution < 1.29 is 0 Å². The third-order valence-electron chi connectivity index (χ3n) is 9.17. The van der Waals surface area contributed by atoms with E-state index in [1.807, 2.05) is 36.7 Å². The third-order valence-corrected chi connectivity index (χ3v) is 9.17. The Morgan fingerprint density at radius 1 is 0.911 bits per heavy atom. The van der Waals surface area contributed by atoms with Crippen LogP contribution < -0.4 is 9.80 Å². The molecule has 0 saturated carbocycles. The highest BCUT2D eigenvalue weighted by Gasteiger charge is 2.35. The Balaban J connectivity index is 1.12. The number of hydrogen-bond donors (Lipinski definition) is 1. The van der Waals surface area contributed by atoms with Crippen LogP contribution in [-0.2, 0) is 6.54 Å². The molecule has 1 N–H and O–H groups in total. The number of quaternary nitrogens is 1. The largest absolute Gasteiger partial charge is 0.367 e. The van der Waals surface area contributed by atoms with Crippen molar-refractivity contribution in [3.63, 3.8) is 0 Å². The maximum Gasteiger partial charge on any atom is 0.234 e. The molecule has 2 aromatic heterocycles. The number of nitrogens with one attached hydrogen (secondary N) is 1. The summed E-state index contributed by atoms with van der Waals surface area (Å²) >= 11 is 0. The highest BCUT2D eigenvalue weighted by atomic mass is 15.4. The van der Waals surface area contributed by atoms with Crippen molar-refractivity contribution in [2.45, 2.75) is 45.3 Å². The second kappa shape index (κ2) is 11.8. The summed E-state index contributed by atoms with van der Waals surface area (Å²) in [4.78, 5) is 25.9. The summed E-state index contributed by atoms with van der Waals surface area (Å²) < 4.78 is 0.646. The number of nitriles is 1. The number of rotatable bonds is 7. The van der Waals surface area contributed by atoms with E-state index < -0.39 is 0 Å². The van der Waals surface area contributed by atoms with Crippen LogP contribution in [0, 0.1) is 11.3 Å². The maximum absolute atomic E-state index is 9.08. The minimum atomic E-state index is 0.193. The molecule has 1 unspecified atom stereocenters. The molecule has 9 heteroatoms. The smallest absolute Gasteiger partial charge is 0.234 e. The summed E-state index contributed by atoms with van der Waals surface area (Å²) in [6, 6.07) is 27.9. The summed E-state index contributed by atoms with van der Waals surface area (Å²) in [6.07, 6.45) is 5.68. The fourth-order valence-corrected chi connectivity index (χ4v) is 6.19. The molecule has 0 aliphatic carbocycles. The van der Waals surface area contributed by atoms with Gasteiger partial charge in [-0.3, -0.25) is 4.90 Å². The minimum absolute atomic E-state index is 0.193. The van der Waals surface area contributed by atoms with Gasteiger partial charge in [0.15, 0.2) is 12.0 Å². The zero-order valence-corrected chi connectivity index (χ0v) is 25.9. The van der Waals surface area contributed by atoms with Crippen LogP contribution in [0.15, 0.2) is 84.0 Å². The first-order chi connectivity index (χ1) is 21.9. The molecule has 7 rings (SSSR count). The number of hydrogen-bond acceptors (Lipinski definition) is 8. The lowest BCUT2D eigenvalue weighted by Gasteiger charge is -2.32. The van der Waals surface area contributed by atoms with Crippen LogP contribution in [0.3, 0.4) is 0 Å². The number of aliphatic imine (C=N–C) groups is 1. The molecule has 1 fully saturated rings. The number of benzene rings is 3. The Morgan fingerprint density at radius 3 is 2.29 bits per heavy atom. The second-order valence-corrected chi connectivity index (χ2v) is 12.4. The molecule has 5 aromatic rings. The molecule has 0 bridgehead atoms. The first-order valence-electron chi connectivity index (χ1n) is 15.5. The summed E-state index contributed by atoms with van der Waals surface area (Å²) in [6.45, 7) is 7.31. The highest BCUT2D eigenvalue weighted by Crippen LogP contribution is 2.42. The molecule has 2 aliphatic rings. The van der Waals surface area contributed by atoms with Gasteiger partial charge in [-0.25, -0.2) is 24.4 Å². The second-order valence-electron chi connectivity index (χ2n) is 12.4. The molecule has 3 aromatic carbocycles. The van der Waals surface area contributed by atoms with Crippen molar-refractivity contribution in [2.75, 3.05) is 25.5 Å². The zero-order valence-electron chi connectivity index (χ0n) is 25.9. The van der Waals surface area contributed by atoms with Crippen LogP contribution in [0.4, 0.5) is 17.2 Å². The first kappa shape index (κ1) is 28.7. The monoisotopic (exact) mass is 594 g/mol. The fourth-order valence-electron chi connectivity index (χ4n) is 6.19. The molecule has 9 nitrogen and oxygen atoms in total. The number of aromatic nitrogens is 4. The van der Waals surface area contributed by atoms with Crippen LogP contribution in [0.1, 0.15) is 38.1 Å². The number of likely N-dealkylation sites (tertiary alicyclic amines) is 1. The average molecular weight is 595 g/mol. The summed E-state index contributed by atoms with van der Waals surface area (Å²) in [5, 5.41) is 12.5. The van der Waals surface area contributed by atoms with E-state index in [4.69, 9.17) is 20.2 Å². The van der Waals surface area contributed by atoms with Gasteiger partial charge in [0, 0.05) is 49.1 Å². The predicted octanol–water partition coefficient (Wildman–Crippen LogP) is 6.72. The van der Waals surface area contributed by atoms with Gasteiger partial charge in [-0.1, -0.05) is 54.6 Å². The summed E-state index contributed by atoms with van der Waals surface area (Å²) in [5.74, 6) is 0.908. The standard InChI is InChI=1S/C36H36N9/c1-24(2)45(3)23-39-31-19-29-30(20-32(31)45)42-36(35(41-29)26-7-5-4-6-8-26)27-11-9-25(10-12-27)22-44-17-14-28(15-18-44)40-33-13-16-38-34(21-37)43-33/h4-13,16,19-20,23-24,28H,14-15,17-18,22H2,1-3H3,(H,38,40,43)/q+1. The SMILES string of the molecule is CC(C)[N+]1(C)C=Nc2cc3nc(-c4ccccc4)c(-c4ccc(CN5CCC(Nc6ccnc(C#N)n6)CC5)cc4)nc3cc21. The Labute approximate surface area is 263 Å². The number of anilines is 1. The summed E-state index contributed by atoms with van der Waals surface area (Å²) in [7, 11) is 2.19. The van der Waals surface area contributed by atoms with Crippen LogP contribution in [0.25, 0.3) is 33.5 Å². The van der Waals surface area contributed by atoms with E-state index in [2.05, 4.69) is 89.6 Å². The first-order valence-corrected chi connectivity index (χ1v) is 15.5. The zero-order chi connectivity index (χ0) is 31.0. The quantitative estimate of drug-likeness (QED) is 0.209. The third kappa shape index (κ3) is 5.66. The Hall–Kier alpha value is -5.04. The molecule has 1 saturated heterocycles. The van der Waals surface area contributed by atoms with Crippen molar-refractivity contribution in [3.05, 3.63) is 90.4 Å². The lowest BCUT2D eigenvalue weighted by Crippen LogP contribution is -2.47. The van der Waals surface area contributed by atoms with E-state index >= 15 is 0 Å². The molecular weight excluding hydrogens is 558 g/mol. The maximum atomic E-state index is 9.08. The Kier molecular flexibility index (Phi) is 7.53. The topological polar surface area (TPSA) is 103 Å². The van der Waals surface area contributed by atoms with Crippen molar-refractivity contribution in [3.8, 4) is 28.6 Å². The van der Waals surface area contributed by atoms with Crippen LogP contribution in [-0.4, -0.2) is 63.4 Å². The van der Waals surface area contributed by atoms with E-state index in [-0.39, 0.29) is 5.82 Å². The van der Waals surface area contributed by atoms with Gasteiger partial charge in [0.05, 0.1) is 35.5 Å². The lowest BCUT2D eigenvalue weighted by atomic mass is 10.0. The van der Waals surface area contributed by atoms with Gasteiger partial charge in [-0.05, 0) is 44.4 Å². The lowest BCUT2D eigenvalue weighted by molar-refractivity contribution is 0.211. The van der Waals surface area contributed by atoms with E-state index in [1.54, 1.807) is 6.20 Å². The predicted molar refractivity (Wildman–Crippen MR) is 180 cm³/mol. The normalized spacial score (nSPS) is 18.3. The van der Waals surface area contributed by atoms with Gasteiger partial charge in [-0.15, -0.1) is 0 Å². The number of piperidine rings is 1. The van der Waals surface area contributed by atoms with E-state index in [0.717, 1.165) is 77.4 Å². The fraction of sp³-hybridized carbons (Fsp3) is 0.278. The van der Waals surface area contributed by atoms with Gasteiger partial charge in [-0.2, -0.15) is 10.3 Å². The molecule has 1 atom stereocenters. The van der Waals surface area contributed by atoms with Crippen LogP contribution in [0.2, 0.25) is 0 Å². The van der Waals surface area contributed by atoms with Crippen molar-refractivity contribution in [2.24, 2.45) is 4.99 Å². The highest BCUT2D eigenvalue weighted by molar-refractivity contribution is 5.97. The Bertz CT molecular complexity index is 1920. The van der Waals surface area contributed by atoms with Gasteiger partial charge in [0.25, 0.3) is 0 Å². The van der Waals surface area contributed by atoms with Gasteiger partial charge >= 0.3 is 0 Å². The van der Waals surface area contributed by atoms with Crippen molar-refractivity contribution in [1.82, 2.24) is 29.3 Å². The molecule has 224 valence electrons. The van der Waals surface area contributed by atoms with Gasteiger partial charge < -0.3 is 5.32 Å². The minimum Gasteiger partial charge on any atom is -0.367 e. The molecular formula is C36H36N9+. The van der Waals surface area contributed by atoms with E-state index in [1.165, 1.54) is 5.56 Å². The summed E-state index contributed by atoms with van der Waals surface area (Å²) in [5.41, 5.74) is 8.97. The molecule has 0 amide bonds. The van der Waals surface area contributed by atoms with Gasteiger partial charge in [0.1, 0.15) is 17.6 Å². The van der Waals surface area contributed by atoms with E-state index in [0.29, 0.717) is 22.4 Å². The van der Waals surface area contributed by atoms with Crippen LogP contribution in [0.5, 0.6) is 0 Å². The van der Waals surface area contributed by atoms with Crippen LogP contribution >= 0.6 is 0 Å². The molecule has 0 spiro atoms. The van der Waals surface area contributed by atoms with Crippen molar-refractivity contribution in [1.29, 1.82) is 5.26 Å².